The minimum atomic E-state index is -1.03. The van der Waals surface area contributed by atoms with Crippen LogP contribution in [0.25, 0.3) is 0 Å². The van der Waals surface area contributed by atoms with Crippen LogP contribution in [0.5, 0.6) is 5.75 Å². The number of hydrogen-bond acceptors (Lipinski definition) is 6. The smallest absolute Gasteiger partial charge is 0.338 e. The summed E-state index contributed by atoms with van der Waals surface area (Å²) in [5.74, 6) is -0.804. The first-order valence-electron chi connectivity index (χ1n) is 11.8. The molecule has 1 fully saturated rings. The molecule has 1 N–H and O–H groups in total. The number of carbonyl (C=O) groups excluding carboxylic acids is 4. The Labute approximate surface area is 205 Å². The zero-order valence-electron chi connectivity index (χ0n) is 20.6. The molecule has 1 aliphatic heterocycles. The summed E-state index contributed by atoms with van der Waals surface area (Å²) in [4.78, 5) is 50.7. The second kappa shape index (κ2) is 11.6. The summed E-state index contributed by atoms with van der Waals surface area (Å²) in [6.45, 7) is 6.98. The van der Waals surface area contributed by atoms with Gasteiger partial charge in [-0.1, -0.05) is 0 Å². The van der Waals surface area contributed by atoms with Gasteiger partial charge in [-0.3, -0.25) is 14.4 Å². The third-order valence-electron chi connectivity index (χ3n) is 6.15. The van der Waals surface area contributed by atoms with Gasteiger partial charge in [-0.05, 0) is 95.5 Å². The van der Waals surface area contributed by atoms with Crippen LogP contribution in [-0.4, -0.2) is 53.3 Å². The molecular weight excluding hydrogens is 448 g/mol. The molecule has 3 unspecified atom stereocenters. The highest BCUT2D eigenvalue weighted by Gasteiger charge is 2.29. The van der Waals surface area contributed by atoms with Crippen LogP contribution in [0.2, 0.25) is 0 Å². The summed E-state index contributed by atoms with van der Waals surface area (Å²) >= 11 is 0. The Bertz CT molecular complexity index is 1050. The number of hydrogen-bond donors (Lipinski definition) is 1. The lowest BCUT2D eigenvalue weighted by Crippen LogP contribution is -2.49. The molecule has 0 aromatic heterocycles. The number of carbonyl (C=O) groups is 4. The Hall–Kier alpha value is -3.68. The zero-order valence-corrected chi connectivity index (χ0v) is 20.6. The predicted octanol–water partition coefficient (Wildman–Crippen LogP) is 4.24. The van der Waals surface area contributed by atoms with E-state index in [0.29, 0.717) is 17.0 Å². The van der Waals surface area contributed by atoms with E-state index in [1.165, 1.54) is 26.0 Å². The summed E-state index contributed by atoms with van der Waals surface area (Å²) in [5.41, 5.74) is 1.29. The number of likely N-dealkylation sites (tertiary alicyclic amines) is 1. The van der Waals surface area contributed by atoms with Gasteiger partial charge < -0.3 is 19.7 Å². The quantitative estimate of drug-likeness (QED) is 0.448. The van der Waals surface area contributed by atoms with Crippen molar-refractivity contribution in [3.63, 3.8) is 0 Å². The van der Waals surface area contributed by atoms with Gasteiger partial charge in [-0.2, -0.15) is 0 Å². The molecule has 0 saturated carbocycles. The Balaban J connectivity index is 1.49. The summed E-state index contributed by atoms with van der Waals surface area (Å²) < 4.78 is 10.9. The number of amides is 2. The fourth-order valence-corrected chi connectivity index (χ4v) is 4.13. The van der Waals surface area contributed by atoms with Crippen LogP contribution in [0.15, 0.2) is 48.5 Å². The summed E-state index contributed by atoms with van der Waals surface area (Å²) in [7, 11) is 0. The van der Waals surface area contributed by atoms with Gasteiger partial charge in [-0.25, -0.2) is 4.79 Å². The van der Waals surface area contributed by atoms with Crippen molar-refractivity contribution in [1.29, 1.82) is 0 Å². The third kappa shape index (κ3) is 6.91. The lowest BCUT2D eigenvalue weighted by Gasteiger charge is -2.38. The van der Waals surface area contributed by atoms with E-state index in [1.807, 2.05) is 4.90 Å². The van der Waals surface area contributed by atoms with Crippen molar-refractivity contribution in [2.75, 3.05) is 11.9 Å². The number of esters is 1. The van der Waals surface area contributed by atoms with Crippen LogP contribution < -0.4 is 10.1 Å². The molecule has 3 rings (SSSR count). The summed E-state index contributed by atoms with van der Waals surface area (Å²) in [6.07, 6.45) is 2.08. The Kier molecular flexibility index (Phi) is 8.63. The van der Waals surface area contributed by atoms with E-state index >= 15 is 0 Å². The van der Waals surface area contributed by atoms with E-state index in [1.54, 1.807) is 36.4 Å². The number of anilines is 1. The molecule has 35 heavy (non-hydrogen) atoms. The lowest BCUT2D eigenvalue weighted by atomic mass is 9.97. The first-order chi connectivity index (χ1) is 16.7. The van der Waals surface area contributed by atoms with Gasteiger partial charge in [0.2, 0.25) is 0 Å². The van der Waals surface area contributed by atoms with E-state index in [0.717, 1.165) is 19.3 Å². The molecule has 3 atom stereocenters. The van der Waals surface area contributed by atoms with E-state index < -0.39 is 18.0 Å². The van der Waals surface area contributed by atoms with Crippen molar-refractivity contribution in [1.82, 2.24) is 4.90 Å². The highest BCUT2D eigenvalue weighted by molar-refractivity contribution is 5.98. The SMILES string of the molecule is CC(=O)c1ccc(NC(=O)C(C)OC(=O)c2ccc(OCC(=O)N3C(C)CCCC3C)cc2)cc1. The van der Waals surface area contributed by atoms with Gasteiger partial charge in [-0.15, -0.1) is 0 Å². The van der Waals surface area contributed by atoms with Crippen LogP contribution in [0, 0.1) is 0 Å². The van der Waals surface area contributed by atoms with Gasteiger partial charge in [0.05, 0.1) is 5.56 Å². The van der Waals surface area contributed by atoms with E-state index in [9.17, 15) is 19.2 Å². The average Bonchev–Trinajstić information content (AvgIpc) is 2.83. The number of ketones is 1. The molecule has 1 saturated heterocycles. The van der Waals surface area contributed by atoms with E-state index in [-0.39, 0.29) is 35.9 Å². The van der Waals surface area contributed by atoms with Crippen LogP contribution in [0.4, 0.5) is 5.69 Å². The van der Waals surface area contributed by atoms with Crippen molar-refractivity contribution in [2.24, 2.45) is 0 Å². The molecule has 0 radical (unpaired) electrons. The Morgan fingerprint density at radius 2 is 1.51 bits per heavy atom. The Morgan fingerprint density at radius 3 is 2.09 bits per heavy atom. The van der Waals surface area contributed by atoms with Crippen molar-refractivity contribution in [3.8, 4) is 5.75 Å². The number of rotatable bonds is 8. The number of benzene rings is 2. The molecule has 186 valence electrons. The number of ether oxygens (including phenoxy) is 2. The highest BCUT2D eigenvalue weighted by atomic mass is 16.5. The van der Waals surface area contributed by atoms with Gasteiger partial charge in [0.1, 0.15) is 5.75 Å². The van der Waals surface area contributed by atoms with Crippen LogP contribution in [-0.2, 0) is 14.3 Å². The first-order valence-corrected chi connectivity index (χ1v) is 11.8. The molecule has 8 nitrogen and oxygen atoms in total. The van der Waals surface area contributed by atoms with Gasteiger partial charge in [0.15, 0.2) is 18.5 Å². The van der Waals surface area contributed by atoms with Gasteiger partial charge in [0, 0.05) is 23.3 Å². The number of Topliss-reactive ketones (excluding diaryl/α,β-unsaturated/α-hetero) is 1. The molecule has 2 aromatic carbocycles. The van der Waals surface area contributed by atoms with Crippen molar-refractivity contribution < 1.29 is 28.7 Å². The molecule has 8 heteroatoms. The fraction of sp³-hybridized carbons (Fsp3) is 0.407. The number of nitrogens with one attached hydrogen (secondary N) is 1. The van der Waals surface area contributed by atoms with Crippen LogP contribution in [0.1, 0.15) is 67.7 Å². The van der Waals surface area contributed by atoms with Crippen molar-refractivity contribution in [2.45, 2.75) is 65.1 Å². The van der Waals surface area contributed by atoms with E-state index in [2.05, 4.69) is 19.2 Å². The molecular formula is C27H32N2O6. The maximum atomic E-state index is 12.6. The predicted molar refractivity (Wildman–Crippen MR) is 132 cm³/mol. The van der Waals surface area contributed by atoms with E-state index in [4.69, 9.17) is 9.47 Å². The van der Waals surface area contributed by atoms with Gasteiger partial charge >= 0.3 is 5.97 Å². The van der Waals surface area contributed by atoms with Crippen molar-refractivity contribution >= 4 is 29.3 Å². The minimum absolute atomic E-state index is 0.0519. The topological polar surface area (TPSA) is 102 Å². The first kappa shape index (κ1) is 25.9. The number of nitrogens with zero attached hydrogens (tertiary/aromatic N) is 1. The standard InChI is InChI=1S/C27H32N2O6/c1-17-6-5-7-18(2)29(17)25(31)16-34-24-14-10-22(11-15-24)27(33)35-20(4)26(32)28-23-12-8-21(9-13-23)19(3)30/h8-15,17-18,20H,5-7,16H2,1-4H3,(H,28,32). The summed E-state index contributed by atoms with van der Waals surface area (Å²) in [5, 5.41) is 2.65. The molecule has 2 amide bonds. The second-order valence-electron chi connectivity index (χ2n) is 8.91. The van der Waals surface area contributed by atoms with Gasteiger partial charge in [0.25, 0.3) is 11.8 Å². The molecule has 1 heterocycles. The second-order valence-corrected chi connectivity index (χ2v) is 8.91. The monoisotopic (exact) mass is 480 g/mol. The largest absolute Gasteiger partial charge is 0.484 e. The summed E-state index contributed by atoms with van der Waals surface area (Å²) in [6, 6.07) is 13.1. The Morgan fingerprint density at radius 1 is 0.943 bits per heavy atom. The molecule has 2 aromatic rings. The van der Waals surface area contributed by atoms with Crippen molar-refractivity contribution in [3.05, 3.63) is 59.7 Å². The normalized spacial score (nSPS) is 18.3. The fourth-order valence-electron chi connectivity index (χ4n) is 4.13. The van der Waals surface area contributed by atoms with Crippen LogP contribution in [0.3, 0.4) is 0 Å². The maximum Gasteiger partial charge on any atom is 0.338 e. The molecule has 0 spiro atoms. The lowest BCUT2D eigenvalue weighted by molar-refractivity contribution is -0.139. The highest BCUT2D eigenvalue weighted by Crippen LogP contribution is 2.23. The third-order valence-corrected chi connectivity index (χ3v) is 6.15. The number of piperidine rings is 1. The molecule has 0 aliphatic carbocycles. The molecule has 0 bridgehead atoms. The molecule has 1 aliphatic rings. The van der Waals surface area contributed by atoms with Crippen LogP contribution >= 0.6 is 0 Å². The zero-order chi connectivity index (χ0) is 25.5. The minimum Gasteiger partial charge on any atom is -0.484 e. The maximum absolute atomic E-state index is 12.6. The average molecular weight is 481 g/mol.